The van der Waals surface area contributed by atoms with Crippen molar-refractivity contribution in [2.24, 2.45) is 17.6 Å². The molecule has 0 bridgehead atoms. The quantitative estimate of drug-likeness (QED) is 0.521. The topological polar surface area (TPSA) is 26.0 Å². The van der Waals surface area contributed by atoms with Gasteiger partial charge in [-0.15, -0.1) is 0 Å². The summed E-state index contributed by atoms with van der Waals surface area (Å²) in [5, 5.41) is 0. The van der Waals surface area contributed by atoms with E-state index < -0.39 is 0 Å². The van der Waals surface area contributed by atoms with Gasteiger partial charge < -0.3 is 5.73 Å². The van der Waals surface area contributed by atoms with E-state index in [1.165, 1.54) is 0 Å². The fraction of sp³-hybridized carbons (Fsp3) is 0.500. The molecule has 0 amide bonds. The van der Waals surface area contributed by atoms with Gasteiger partial charge in [0, 0.05) is 11.6 Å². The average Bonchev–Trinajstić information content (AvgIpc) is 1.83. The number of rotatable bonds is 0. The van der Waals surface area contributed by atoms with Gasteiger partial charge in [-0.1, -0.05) is 26.0 Å². The van der Waals surface area contributed by atoms with Crippen molar-refractivity contribution in [1.82, 2.24) is 0 Å². The zero-order valence-electron chi connectivity index (χ0n) is 5.96. The van der Waals surface area contributed by atoms with E-state index in [1.54, 1.807) is 0 Å². The Bertz CT molecular complexity index is 156. The highest BCUT2D eigenvalue weighted by atomic mass is 14.6. The number of hydrogen-bond donors (Lipinski definition) is 1. The molecule has 0 saturated heterocycles. The summed E-state index contributed by atoms with van der Waals surface area (Å²) >= 11 is 0. The van der Waals surface area contributed by atoms with Crippen LogP contribution >= 0.6 is 0 Å². The first-order valence-electron chi connectivity index (χ1n) is 3.35. The third-order valence-electron chi connectivity index (χ3n) is 2.02. The summed E-state index contributed by atoms with van der Waals surface area (Å²) in [6.07, 6.45) is 6.19. The van der Waals surface area contributed by atoms with Crippen molar-refractivity contribution in [3.05, 3.63) is 23.9 Å². The van der Waals surface area contributed by atoms with Crippen molar-refractivity contribution in [2.75, 3.05) is 0 Å². The molecular weight excluding hydrogens is 110 g/mol. The van der Waals surface area contributed by atoms with E-state index in [0.29, 0.717) is 11.8 Å². The van der Waals surface area contributed by atoms with Crippen molar-refractivity contribution < 1.29 is 0 Å². The minimum Gasteiger partial charge on any atom is -0.402 e. The minimum absolute atomic E-state index is 0.523. The van der Waals surface area contributed by atoms with Crippen LogP contribution in [-0.4, -0.2) is 0 Å². The maximum atomic E-state index is 5.68. The fourth-order valence-corrected chi connectivity index (χ4v) is 0.964. The van der Waals surface area contributed by atoms with Crippen LogP contribution in [0.4, 0.5) is 0 Å². The molecule has 1 aliphatic rings. The summed E-state index contributed by atoms with van der Waals surface area (Å²) in [5.41, 5.74) is 6.68. The van der Waals surface area contributed by atoms with Gasteiger partial charge in [-0.2, -0.15) is 0 Å². The molecule has 0 saturated carbocycles. The minimum atomic E-state index is 0.523. The highest BCUT2D eigenvalue weighted by molar-refractivity contribution is 5.19. The third-order valence-corrected chi connectivity index (χ3v) is 2.02. The molecule has 0 aromatic rings. The second kappa shape index (κ2) is 2.26. The Morgan fingerprint density at radius 1 is 1.44 bits per heavy atom. The van der Waals surface area contributed by atoms with Gasteiger partial charge in [-0.25, -0.2) is 0 Å². The van der Waals surface area contributed by atoms with E-state index in [4.69, 9.17) is 5.73 Å². The normalized spacial score (nSPS) is 34.2. The zero-order chi connectivity index (χ0) is 6.85. The van der Waals surface area contributed by atoms with Crippen LogP contribution in [0, 0.1) is 11.8 Å². The van der Waals surface area contributed by atoms with E-state index in [1.807, 2.05) is 12.2 Å². The molecule has 0 aliphatic heterocycles. The van der Waals surface area contributed by atoms with Crippen LogP contribution in [0.1, 0.15) is 13.8 Å². The molecule has 1 unspecified atom stereocenters. The molecule has 0 heterocycles. The molecule has 1 nitrogen and oxygen atoms in total. The lowest BCUT2D eigenvalue weighted by molar-refractivity contribution is 0.518. The molecule has 0 radical (unpaired) electrons. The molecule has 1 heteroatoms. The van der Waals surface area contributed by atoms with Crippen molar-refractivity contribution in [2.45, 2.75) is 13.8 Å². The van der Waals surface area contributed by atoms with E-state index in [2.05, 4.69) is 19.9 Å². The predicted molar refractivity (Wildman–Crippen MR) is 39.7 cm³/mol. The number of hydrogen-bond acceptors (Lipinski definition) is 1. The number of allylic oxidation sites excluding steroid dienone is 4. The second-order valence-corrected chi connectivity index (χ2v) is 2.70. The van der Waals surface area contributed by atoms with Gasteiger partial charge in [0.25, 0.3) is 0 Å². The summed E-state index contributed by atoms with van der Waals surface area (Å²) < 4.78 is 0. The van der Waals surface area contributed by atoms with E-state index in [0.717, 1.165) is 5.70 Å². The Balaban J connectivity index is 2.73. The van der Waals surface area contributed by atoms with Crippen LogP contribution in [0.5, 0.6) is 0 Å². The van der Waals surface area contributed by atoms with Gasteiger partial charge >= 0.3 is 0 Å². The summed E-state index contributed by atoms with van der Waals surface area (Å²) in [6.45, 7) is 4.33. The molecule has 9 heavy (non-hydrogen) atoms. The van der Waals surface area contributed by atoms with Crippen molar-refractivity contribution in [3.8, 4) is 0 Å². The second-order valence-electron chi connectivity index (χ2n) is 2.70. The molecular formula is C8H13N. The predicted octanol–water partition coefficient (Wildman–Crippen LogP) is 1.67. The third kappa shape index (κ3) is 1.15. The summed E-state index contributed by atoms with van der Waals surface area (Å²) in [4.78, 5) is 0. The fourth-order valence-electron chi connectivity index (χ4n) is 0.964. The van der Waals surface area contributed by atoms with Crippen LogP contribution in [0.2, 0.25) is 0 Å². The van der Waals surface area contributed by atoms with Crippen molar-refractivity contribution in [1.29, 1.82) is 0 Å². The largest absolute Gasteiger partial charge is 0.402 e. The van der Waals surface area contributed by atoms with E-state index >= 15 is 0 Å². The first-order valence-corrected chi connectivity index (χ1v) is 3.35. The lowest BCUT2D eigenvalue weighted by atomic mass is 9.89. The highest BCUT2D eigenvalue weighted by Crippen LogP contribution is 2.21. The molecule has 0 aromatic carbocycles. The standard InChI is InChI=1S/C8H13N/c1-6-4-3-5-8(9)7(6)2/h3-7H,9H2,1-2H3/t6-,7?/m1/s1. The lowest BCUT2D eigenvalue weighted by Gasteiger charge is -2.19. The van der Waals surface area contributed by atoms with Crippen molar-refractivity contribution >= 4 is 0 Å². The molecule has 1 aliphatic carbocycles. The average molecular weight is 123 g/mol. The van der Waals surface area contributed by atoms with E-state index in [-0.39, 0.29) is 0 Å². The van der Waals surface area contributed by atoms with Crippen LogP contribution in [0.25, 0.3) is 0 Å². The Hall–Kier alpha value is -0.720. The maximum Gasteiger partial charge on any atom is 0.0115 e. The molecule has 2 atom stereocenters. The van der Waals surface area contributed by atoms with Crippen LogP contribution in [0.3, 0.4) is 0 Å². The highest BCUT2D eigenvalue weighted by Gasteiger charge is 2.13. The van der Waals surface area contributed by atoms with E-state index in [9.17, 15) is 0 Å². The van der Waals surface area contributed by atoms with Gasteiger partial charge in [-0.3, -0.25) is 0 Å². The Labute approximate surface area is 56.2 Å². The first-order chi connectivity index (χ1) is 4.22. The molecule has 1 rings (SSSR count). The molecule has 2 N–H and O–H groups in total. The Morgan fingerprint density at radius 2 is 2.11 bits per heavy atom. The Kier molecular flexibility index (Phi) is 1.60. The number of nitrogens with two attached hydrogens (primary N) is 1. The SMILES string of the molecule is CC1C(N)=CC=C[C@H]1C. The summed E-state index contributed by atoms with van der Waals surface area (Å²) in [6, 6.07) is 0. The first kappa shape index (κ1) is 6.40. The molecule has 50 valence electrons. The van der Waals surface area contributed by atoms with Crippen LogP contribution < -0.4 is 5.73 Å². The summed E-state index contributed by atoms with van der Waals surface area (Å²) in [5.74, 6) is 1.13. The van der Waals surface area contributed by atoms with Gasteiger partial charge in [0.15, 0.2) is 0 Å². The van der Waals surface area contributed by atoms with Crippen LogP contribution in [-0.2, 0) is 0 Å². The smallest absolute Gasteiger partial charge is 0.0115 e. The molecule has 0 fully saturated rings. The summed E-state index contributed by atoms with van der Waals surface area (Å²) in [7, 11) is 0. The maximum absolute atomic E-state index is 5.68. The Morgan fingerprint density at radius 3 is 2.56 bits per heavy atom. The van der Waals surface area contributed by atoms with Gasteiger partial charge in [0.1, 0.15) is 0 Å². The van der Waals surface area contributed by atoms with Crippen molar-refractivity contribution in [3.63, 3.8) is 0 Å². The molecule has 0 spiro atoms. The van der Waals surface area contributed by atoms with Gasteiger partial charge in [-0.05, 0) is 12.0 Å². The van der Waals surface area contributed by atoms with Gasteiger partial charge in [0.2, 0.25) is 0 Å². The lowest BCUT2D eigenvalue weighted by Crippen LogP contribution is -2.16. The van der Waals surface area contributed by atoms with Crippen LogP contribution in [0.15, 0.2) is 23.9 Å². The molecule has 0 aromatic heterocycles. The monoisotopic (exact) mass is 123 g/mol. The zero-order valence-corrected chi connectivity index (χ0v) is 5.96. The van der Waals surface area contributed by atoms with Gasteiger partial charge in [0.05, 0.1) is 0 Å².